The summed E-state index contributed by atoms with van der Waals surface area (Å²) in [5, 5.41) is 0. The molecule has 197 valence electrons. The van der Waals surface area contributed by atoms with Crippen molar-refractivity contribution in [2.45, 2.75) is 119 Å². The van der Waals surface area contributed by atoms with Crippen molar-refractivity contribution in [2.24, 2.45) is 45.8 Å². The van der Waals surface area contributed by atoms with Crippen molar-refractivity contribution in [2.75, 3.05) is 0 Å². The molecular weight excluding hydrogens is 511 g/mol. The maximum atomic E-state index is 4.94. The molecule has 0 bridgehead atoms. The number of hydrogen-bond acceptors (Lipinski definition) is 1. The first-order chi connectivity index (χ1) is 16.5. The molecule has 8 atom stereocenters. The van der Waals surface area contributed by atoms with Crippen LogP contribution in [-0.4, -0.2) is 4.98 Å². The largest absolute Gasteiger partial charge is 0.306 e. The van der Waals surface area contributed by atoms with Crippen LogP contribution in [0.2, 0.25) is 0 Å². The van der Waals surface area contributed by atoms with Crippen LogP contribution in [0.4, 0.5) is 0 Å². The molecular formula is C34H52NY-. The van der Waals surface area contributed by atoms with Gasteiger partial charge in [-0.15, -0.1) is 5.92 Å². The van der Waals surface area contributed by atoms with Gasteiger partial charge >= 0.3 is 0 Å². The van der Waals surface area contributed by atoms with Crippen LogP contribution >= 0.6 is 0 Å². The molecule has 1 radical (unpaired) electrons. The summed E-state index contributed by atoms with van der Waals surface area (Å²) in [6.07, 6.45) is 15.7. The molecule has 0 N–H and O–H groups in total. The fourth-order valence-corrected chi connectivity index (χ4v) is 10.7. The van der Waals surface area contributed by atoms with Gasteiger partial charge in [0.25, 0.3) is 0 Å². The Morgan fingerprint density at radius 1 is 0.944 bits per heavy atom. The molecule has 3 fully saturated rings. The number of pyridine rings is 1. The monoisotopic (exact) mass is 563 g/mol. The number of aromatic nitrogens is 1. The average molecular weight is 564 g/mol. The van der Waals surface area contributed by atoms with E-state index in [4.69, 9.17) is 4.98 Å². The van der Waals surface area contributed by atoms with Crippen molar-refractivity contribution in [3.63, 3.8) is 0 Å². The molecule has 1 nitrogen and oxygen atoms in total. The van der Waals surface area contributed by atoms with Crippen LogP contribution in [0.1, 0.15) is 119 Å². The second-order valence-corrected chi connectivity index (χ2v) is 14.2. The smallest absolute Gasteiger partial charge is 0.0494 e. The summed E-state index contributed by atoms with van der Waals surface area (Å²) < 4.78 is 0. The predicted octanol–water partition coefficient (Wildman–Crippen LogP) is 9.36. The molecule has 5 aliphatic carbocycles. The third-order valence-corrected chi connectivity index (χ3v) is 12.8. The minimum Gasteiger partial charge on any atom is -0.306 e. The summed E-state index contributed by atoms with van der Waals surface area (Å²) in [5.41, 5.74) is 6.08. The molecule has 6 rings (SSSR count). The van der Waals surface area contributed by atoms with Crippen molar-refractivity contribution < 1.29 is 32.7 Å². The predicted molar refractivity (Wildman–Crippen MR) is 149 cm³/mol. The van der Waals surface area contributed by atoms with Crippen LogP contribution in [0.15, 0.2) is 30.0 Å². The van der Waals surface area contributed by atoms with Gasteiger partial charge < -0.3 is 5.92 Å². The topological polar surface area (TPSA) is 12.9 Å². The van der Waals surface area contributed by atoms with Crippen molar-refractivity contribution in [1.29, 1.82) is 0 Å². The van der Waals surface area contributed by atoms with E-state index < -0.39 is 0 Å². The zero-order chi connectivity index (χ0) is 25.4. The number of nitrogens with zero attached hydrogens (tertiary/aromatic N) is 1. The van der Waals surface area contributed by atoms with Crippen LogP contribution in [-0.2, 0) is 44.5 Å². The van der Waals surface area contributed by atoms with Crippen molar-refractivity contribution >= 4 is 0 Å². The molecule has 36 heavy (non-hydrogen) atoms. The average Bonchev–Trinajstić information content (AvgIpc) is 2.82. The van der Waals surface area contributed by atoms with Crippen molar-refractivity contribution in [3.05, 3.63) is 47.2 Å². The molecule has 1 aromatic rings. The normalized spacial score (nSPS) is 44.6. The number of fused-ring (bicyclic) bond motifs is 8. The standard InChI is InChI=1S/C32H46N.C2H6.Y/c1-20-10-11-22-14-16-31(6)24(27(22)21(20)2)12-13-26-30(5)19-23-9-8-18-33-28(23)29(3,4)25(30)15-17-32(26,31)7;1-2;/h8-9,12,18,20-21,25-27H,10-11,13-17,19H2,1-7H3;1-2H3;/q-1;;/t20-,21+,25+,26-,27?,30+,31-,32-;;/m1../s1. The first-order valence-corrected chi connectivity index (χ1v) is 15.0. The van der Waals surface area contributed by atoms with Gasteiger partial charge in [-0.25, -0.2) is 0 Å². The van der Waals surface area contributed by atoms with E-state index >= 15 is 0 Å². The minimum absolute atomic E-state index is 0. The molecule has 3 saturated carbocycles. The van der Waals surface area contributed by atoms with Gasteiger partial charge in [0, 0.05) is 50.0 Å². The van der Waals surface area contributed by atoms with Crippen LogP contribution < -0.4 is 0 Å². The fourth-order valence-electron chi connectivity index (χ4n) is 10.7. The quantitative estimate of drug-likeness (QED) is 0.226. The maximum absolute atomic E-state index is 4.94. The molecule has 0 saturated heterocycles. The number of hydrogen-bond donors (Lipinski definition) is 0. The Morgan fingerprint density at radius 2 is 1.67 bits per heavy atom. The zero-order valence-corrected chi connectivity index (χ0v) is 27.7. The molecule has 1 heterocycles. The van der Waals surface area contributed by atoms with Gasteiger partial charge in [0.15, 0.2) is 0 Å². The minimum atomic E-state index is 0. The van der Waals surface area contributed by atoms with E-state index in [0.717, 1.165) is 29.6 Å². The van der Waals surface area contributed by atoms with Crippen LogP contribution in [0, 0.1) is 51.8 Å². The Kier molecular flexibility index (Phi) is 7.95. The summed E-state index contributed by atoms with van der Waals surface area (Å²) in [6.45, 7) is 22.2. The second-order valence-electron chi connectivity index (χ2n) is 14.2. The Labute approximate surface area is 248 Å². The van der Waals surface area contributed by atoms with E-state index in [1.54, 1.807) is 0 Å². The van der Waals surface area contributed by atoms with E-state index in [0.29, 0.717) is 16.2 Å². The summed E-state index contributed by atoms with van der Waals surface area (Å²) in [4.78, 5) is 4.94. The first-order valence-electron chi connectivity index (χ1n) is 15.0. The van der Waals surface area contributed by atoms with Gasteiger partial charge in [0.2, 0.25) is 0 Å². The van der Waals surface area contributed by atoms with Gasteiger partial charge in [0.05, 0.1) is 0 Å². The van der Waals surface area contributed by atoms with Crippen LogP contribution in [0.5, 0.6) is 0 Å². The van der Waals surface area contributed by atoms with Gasteiger partial charge in [0.1, 0.15) is 0 Å². The second kappa shape index (κ2) is 9.87. The summed E-state index contributed by atoms with van der Waals surface area (Å²) in [7, 11) is 0. The van der Waals surface area contributed by atoms with Gasteiger partial charge in [-0.3, -0.25) is 4.98 Å². The third kappa shape index (κ3) is 3.78. The zero-order valence-electron chi connectivity index (χ0n) is 24.9. The van der Waals surface area contributed by atoms with Gasteiger partial charge in [-0.1, -0.05) is 98.8 Å². The van der Waals surface area contributed by atoms with Crippen molar-refractivity contribution in [3.8, 4) is 0 Å². The third-order valence-electron chi connectivity index (χ3n) is 12.8. The first kappa shape index (κ1) is 29.0. The Balaban J connectivity index is 0.000000990. The van der Waals surface area contributed by atoms with E-state index in [-0.39, 0.29) is 38.1 Å². The Morgan fingerprint density at radius 3 is 2.39 bits per heavy atom. The maximum Gasteiger partial charge on any atom is 0.0494 e. The van der Waals surface area contributed by atoms with Crippen LogP contribution in [0.3, 0.4) is 0 Å². The summed E-state index contributed by atoms with van der Waals surface area (Å²) >= 11 is 0. The molecule has 5 aliphatic rings. The Hall–Kier alpha value is -0.00610. The van der Waals surface area contributed by atoms with Gasteiger partial charge in [-0.05, 0) is 71.3 Å². The van der Waals surface area contributed by atoms with E-state index in [9.17, 15) is 0 Å². The van der Waals surface area contributed by atoms with E-state index in [1.807, 2.05) is 31.5 Å². The molecule has 0 aliphatic heterocycles. The molecule has 1 aromatic heterocycles. The molecule has 0 amide bonds. The van der Waals surface area contributed by atoms with Gasteiger partial charge in [-0.2, -0.15) is 12.8 Å². The van der Waals surface area contributed by atoms with Crippen LogP contribution in [0.25, 0.3) is 0 Å². The summed E-state index contributed by atoms with van der Waals surface area (Å²) in [5.74, 6) is 5.85. The fraction of sp³-hybridized carbons (Fsp3) is 0.765. The SMILES string of the molecule is CC.C[C@@H]1CC[C-]2CC[C@]3(C)C(=CC[C@@H]4[C@@]5(C)Cc6cccnc6C(C)(C)[C@@H]5CC[C@]43C)C2[C@H]1C.[Y]. The Bertz CT molecular complexity index is 993. The van der Waals surface area contributed by atoms with E-state index in [2.05, 4.69) is 66.7 Å². The summed E-state index contributed by atoms with van der Waals surface area (Å²) in [6, 6.07) is 4.56. The number of rotatable bonds is 0. The molecule has 0 spiro atoms. The van der Waals surface area contributed by atoms with Crippen molar-refractivity contribution in [1.82, 2.24) is 4.98 Å². The van der Waals surface area contributed by atoms with E-state index in [1.165, 1.54) is 62.6 Å². The number of allylic oxidation sites excluding steroid dienone is 2. The molecule has 1 unspecified atom stereocenters. The molecule has 0 aromatic carbocycles. The molecule has 2 heteroatoms.